The SMILES string of the molecule is CCN(CC)c1ccc(NC(=O)CCCOc2ccc(Br)cc2)cc1. The van der Waals surface area contributed by atoms with Crippen molar-refractivity contribution in [3.63, 3.8) is 0 Å². The van der Waals surface area contributed by atoms with Crippen LogP contribution >= 0.6 is 15.9 Å². The molecule has 0 bridgehead atoms. The molecule has 0 saturated heterocycles. The maximum absolute atomic E-state index is 12.0. The van der Waals surface area contributed by atoms with Crippen LogP contribution in [0, 0.1) is 0 Å². The van der Waals surface area contributed by atoms with Gasteiger partial charge in [0.15, 0.2) is 0 Å². The Morgan fingerprint density at radius 3 is 2.28 bits per heavy atom. The Labute approximate surface area is 158 Å². The van der Waals surface area contributed by atoms with Crippen molar-refractivity contribution < 1.29 is 9.53 Å². The number of hydrogen-bond acceptors (Lipinski definition) is 3. The van der Waals surface area contributed by atoms with Gasteiger partial charge in [0.05, 0.1) is 6.61 Å². The second-order valence-electron chi connectivity index (χ2n) is 5.67. The molecule has 1 amide bonds. The van der Waals surface area contributed by atoms with Gasteiger partial charge in [-0.15, -0.1) is 0 Å². The van der Waals surface area contributed by atoms with Gasteiger partial charge < -0.3 is 15.0 Å². The quantitative estimate of drug-likeness (QED) is 0.591. The molecular formula is C20H25BrN2O2. The van der Waals surface area contributed by atoms with Gasteiger partial charge in [0, 0.05) is 35.4 Å². The van der Waals surface area contributed by atoms with Gasteiger partial charge in [-0.3, -0.25) is 4.79 Å². The molecule has 1 N–H and O–H groups in total. The average Bonchev–Trinajstić information content (AvgIpc) is 2.63. The number of amides is 1. The number of benzene rings is 2. The van der Waals surface area contributed by atoms with Crippen LogP contribution in [0.3, 0.4) is 0 Å². The fraction of sp³-hybridized carbons (Fsp3) is 0.350. The average molecular weight is 405 g/mol. The molecule has 0 heterocycles. The zero-order valence-electron chi connectivity index (χ0n) is 14.8. The van der Waals surface area contributed by atoms with E-state index in [4.69, 9.17) is 4.74 Å². The fourth-order valence-corrected chi connectivity index (χ4v) is 2.79. The lowest BCUT2D eigenvalue weighted by atomic mass is 10.2. The van der Waals surface area contributed by atoms with Gasteiger partial charge >= 0.3 is 0 Å². The third-order valence-corrected chi connectivity index (χ3v) is 4.44. The molecular weight excluding hydrogens is 380 g/mol. The van der Waals surface area contributed by atoms with Gasteiger partial charge in [-0.25, -0.2) is 0 Å². The van der Waals surface area contributed by atoms with Crippen LogP contribution < -0.4 is 15.0 Å². The van der Waals surface area contributed by atoms with Crippen molar-refractivity contribution in [3.8, 4) is 5.75 Å². The van der Waals surface area contributed by atoms with Crippen LogP contribution in [0.25, 0.3) is 0 Å². The molecule has 0 aliphatic carbocycles. The Balaban J connectivity index is 1.72. The van der Waals surface area contributed by atoms with Crippen molar-refractivity contribution in [1.29, 1.82) is 0 Å². The number of halogens is 1. The number of carbonyl (C=O) groups excluding carboxylic acids is 1. The lowest BCUT2D eigenvalue weighted by molar-refractivity contribution is -0.116. The Morgan fingerprint density at radius 2 is 1.68 bits per heavy atom. The van der Waals surface area contributed by atoms with Crippen LogP contribution in [0.2, 0.25) is 0 Å². The summed E-state index contributed by atoms with van der Waals surface area (Å²) in [6.07, 6.45) is 1.12. The molecule has 4 nitrogen and oxygen atoms in total. The van der Waals surface area contributed by atoms with Crippen LogP contribution in [0.4, 0.5) is 11.4 Å². The van der Waals surface area contributed by atoms with Crippen molar-refractivity contribution in [3.05, 3.63) is 53.0 Å². The number of nitrogens with zero attached hydrogens (tertiary/aromatic N) is 1. The lowest BCUT2D eigenvalue weighted by Gasteiger charge is -2.21. The lowest BCUT2D eigenvalue weighted by Crippen LogP contribution is -2.21. The number of ether oxygens (including phenoxy) is 1. The first-order chi connectivity index (χ1) is 12.1. The van der Waals surface area contributed by atoms with E-state index in [2.05, 4.69) is 40.0 Å². The summed E-state index contributed by atoms with van der Waals surface area (Å²) in [6, 6.07) is 15.7. The standard InChI is InChI=1S/C20H25BrN2O2/c1-3-23(4-2)18-11-9-17(10-12-18)22-20(24)6-5-15-25-19-13-7-16(21)8-14-19/h7-14H,3-6,15H2,1-2H3,(H,22,24). The molecule has 0 aromatic heterocycles. The van der Waals surface area contributed by atoms with Crippen molar-refractivity contribution in [2.45, 2.75) is 26.7 Å². The molecule has 0 atom stereocenters. The number of nitrogens with one attached hydrogen (secondary N) is 1. The monoisotopic (exact) mass is 404 g/mol. The predicted octanol–water partition coefficient (Wildman–Crippen LogP) is 5.09. The Hall–Kier alpha value is -2.01. The third kappa shape index (κ3) is 6.42. The first kappa shape index (κ1) is 19.3. The minimum absolute atomic E-state index is 0.00925. The van der Waals surface area contributed by atoms with Gasteiger partial charge in [0.1, 0.15) is 5.75 Å². The summed E-state index contributed by atoms with van der Waals surface area (Å²) in [5.74, 6) is 0.825. The molecule has 134 valence electrons. The Bertz CT molecular complexity index is 652. The first-order valence-corrected chi connectivity index (χ1v) is 9.45. The zero-order valence-corrected chi connectivity index (χ0v) is 16.4. The van der Waals surface area contributed by atoms with Gasteiger partial charge in [0.25, 0.3) is 0 Å². The Morgan fingerprint density at radius 1 is 1.04 bits per heavy atom. The van der Waals surface area contributed by atoms with Crippen LogP contribution in [0.5, 0.6) is 5.75 Å². The highest BCUT2D eigenvalue weighted by Gasteiger charge is 2.05. The third-order valence-electron chi connectivity index (χ3n) is 3.91. The second kappa shape index (κ2) is 10.1. The smallest absolute Gasteiger partial charge is 0.224 e. The van der Waals surface area contributed by atoms with E-state index in [1.54, 1.807) is 0 Å². The highest BCUT2D eigenvalue weighted by Crippen LogP contribution is 2.18. The van der Waals surface area contributed by atoms with Crippen LogP contribution in [-0.2, 0) is 4.79 Å². The molecule has 0 fully saturated rings. The van der Waals surface area contributed by atoms with Crippen LogP contribution in [0.15, 0.2) is 53.0 Å². The van der Waals surface area contributed by atoms with E-state index in [1.165, 1.54) is 5.69 Å². The molecule has 0 unspecified atom stereocenters. The Kier molecular flexibility index (Phi) is 7.79. The summed E-state index contributed by atoms with van der Waals surface area (Å²) >= 11 is 3.39. The van der Waals surface area contributed by atoms with Gasteiger partial charge in [-0.1, -0.05) is 15.9 Å². The highest BCUT2D eigenvalue weighted by atomic mass is 79.9. The number of rotatable bonds is 9. The maximum Gasteiger partial charge on any atom is 0.224 e. The molecule has 2 aromatic rings. The van der Waals surface area contributed by atoms with E-state index in [0.29, 0.717) is 19.4 Å². The van der Waals surface area contributed by atoms with Crippen LogP contribution in [-0.4, -0.2) is 25.6 Å². The minimum atomic E-state index is 0.00925. The van der Waals surface area contributed by atoms with E-state index in [0.717, 1.165) is 29.0 Å². The van der Waals surface area contributed by atoms with Crippen molar-refractivity contribution in [2.75, 3.05) is 29.9 Å². The van der Waals surface area contributed by atoms with Gasteiger partial charge in [-0.2, -0.15) is 0 Å². The zero-order chi connectivity index (χ0) is 18.1. The summed E-state index contributed by atoms with van der Waals surface area (Å²) in [5, 5.41) is 2.93. The number of anilines is 2. The van der Waals surface area contributed by atoms with Gasteiger partial charge in [0.2, 0.25) is 5.91 Å². The molecule has 5 heteroatoms. The fourth-order valence-electron chi connectivity index (χ4n) is 2.52. The van der Waals surface area contributed by atoms with Crippen molar-refractivity contribution in [1.82, 2.24) is 0 Å². The summed E-state index contributed by atoms with van der Waals surface area (Å²) < 4.78 is 6.64. The van der Waals surface area contributed by atoms with Crippen molar-refractivity contribution >= 4 is 33.2 Å². The molecule has 25 heavy (non-hydrogen) atoms. The number of hydrogen-bond donors (Lipinski definition) is 1. The summed E-state index contributed by atoms with van der Waals surface area (Å²) in [7, 11) is 0. The predicted molar refractivity (Wildman–Crippen MR) is 108 cm³/mol. The molecule has 2 rings (SSSR count). The largest absolute Gasteiger partial charge is 0.494 e. The molecule has 0 aliphatic heterocycles. The van der Waals surface area contributed by atoms with Crippen molar-refractivity contribution in [2.24, 2.45) is 0 Å². The summed E-state index contributed by atoms with van der Waals surface area (Å²) in [4.78, 5) is 14.3. The molecule has 0 saturated carbocycles. The normalized spacial score (nSPS) is 10.4. The van der Waals surface area contributed by atoms with E-state index in [1.807, 2.05) is 48.5 Å². The molecule has 2 aromatic carbocycles. The number of carbonyl (C=O) groups is 1. The topological polar surface area (TPSA) is 41.6 Å². The molecule has 0 aliphatic rings. The molecule has 0 radical (unpaired) electrons. The van der Waals surface area contributed by atoms with E-state index in [9.17, 15) is 4.79 Å². The minimum Gasteiger partial charge on any atom is -0.494 e. The summed E-state index contributed by atoms with van der Waals surface area (Å²) in [6.45, 7) is 6.74. The van der Waals surface area contributed by atoms with E-state index in [-0.39, 0.29) is 5.91 Å². The van der Waals surface area contributed by atoms with Gasteiger partial charge in [-0.05, 0) is 68.8 Å². The van der Waals surface area contributed by atoms with Crippen LogP contribution in [0.1, 0.15) is 26.7 Å². The first-order valence-electron chi connectivity index (χ1n) is 8.65. The highest BCUT2D eigenvalue weighted by molar-refractivity contribution is 9.10. The van der Waals surface area contributed by atoms with E-state index >= 15 is 0 Å². The van der Waals surface area contributed by atoms with E-state index < -0.39 is 0 Å². The molecule has 0 spiro atoms. The summed E-state index contributed by atoms with van der Waals surface area (Å²) in [5.41, 5.74) is 2.00. The maximum atomic E-state index is 12.0. The second-order valence-corrected chi connectivity index (χ2v) is 6.59.